The minimum Gasteiger partial charge on any atom is -0.462 e. The Labute approximate surface area is 177 Å². The molecule has 0 heterocycles. The molecule has 156 valence electrons. The summed E-state index contributed by atoms with van der Waals surface area (Å²) in [6, 6.07) is 16.1. The van der Waals surface area contributed by atoms with Gasteiger partial charge in [0.15, 0.2) is 0 Å². The lowest BCUT2D eigenvalue weighted by atomic mass is 9.98. The first-order chi connectivity index (χ1) is 14.3. The van der Waals surface area contributed by atoms with Crippen LogP contribution in [0.25, 0.3) is 21.5 Å². The predicted octanol–water partition coefficient (Wildman–Crippen LogP) is 6.16. The van der Waals surface area contributed by atoms with Crippen LogP contribution < -0.4 is 4.74 Å². The van der Waals surface area contributed by atoms with Crippen LogP contribution in [0.15, 0.2) is 72.8 Å². The molecule has 0 aliphatic rings. The van der Waals surface area contributed by atoms with E-state index < -0.39 is 0 Å². The van der Waals surface area contributed by atoms with Gasteiger partial charge >= 0.3 is 5.97 Å². The number of hydrogen-bond donors (Lipinski definition) is 0. The third kappa shape index (κ3) is 6.59. The highest BCUT2D eigenvalue weighted by Gasteiger charge is 2.05. The van der Waals surface area contributed by atoms with E-state index in [-0.39, 0.29) is 5.97 Å². The Hall–Kier alpha value is -3.40. The smallest absolute Gasteiger partial charge is 0.333 e. The summed E-state index contributed by atoms with van der Waals surface area (Å²) in [6.07, 6.45) is 1.61. The number of benzene rings is 3. The molecule has 0 unspecified atom stereocenters. The summed E-state index contributed by atoms with van der Waals surface area (Å²) in [6.45, 7) is 13.5. The highest BCUT2D eigenvalue weighted by Crippen LogP contribution is 2.29. The second-order valence-electron chi connectivity index (χ2n) is 7.44. The second-order valence-corrected chi connectivity index (χ2v) is 7.44. The van der Waals surface area contributed by atoms with Crippen LogP contribution >= 0.6 is 0 Å². The quantitative estimate of drug-likeness (QED) is 0.118. The lowest BCUT2D eigenvalue weighted by Crippen LogP contribution is -2.06. The van der Waals surface area contributed by atoms with E-state index >= 15 is 0 Å². The fourth-order valence-corrected chi connectivity index (χ4v) is 2.95. The number of allylic oxidation sites excluding steroid dienone is 1. The van der Waals surface area contributed by atoms with Crippen molar-refractivity contribution in [2.24, 2.45) is 0 Å². The van der Waals surface area contributed by atoms with Gasteiger partial charge in [-0.25, -0.2) is 4.79 Å². The van der Waals surface area contributed by atoms with Crippen molar-refractivity contribution in [1.29, 1.82) is 0 Å². The molecular formula is C26H28O4. The summed E-state index contributed by atoms with van der Waals surface area (Å²) in [5.74, 6) is 0.195. The SMILES string of the molecule is C=C(C)C.C=C(C)C(=O)OCCCc1ccc2c(ccc3cc(OC=O)ccc32)c1. The molecule has 0 bridgehead atoms. The Morgan fingerprint density at radius 1 is 0.933 bits per heavy atom. The molecule has 0 saturated carbocycles. The van der Waals surface area contributed by atoms with Crippen LogP contribution in [0.3, 0.4) is 0 Å². The van der Waals surface area contributed by atoms with Crippen LogP contribution in [0, 0.1) is 0 Å². The first-order valence-electron chi connectivity index (χ1n) is 9.82. The number of carbonyl (C=O) groups is 2. The maximum atomic E-state index is 11.4. The van der Waals surface area contributed by atoms with Crippen molar-refractivity contribution in [1.82, 2.24) is 0 Å². The Morgan fingerprint density at radius 3 is 2.13 bits per heavy atom. The minimum absolute atomic E-state index is 0.340. The molecule has 0 aromatic heterocycles. The van der Waals surface area contributed by atoms with Gasteiger partial charge in [0, 0.05) is 5.57 Å². The van der Waals surface area contributed by atoms with E-state index in [1.54, 1.807) is 13.0 Å². The van der Waals surface area contributed by atoms with E-state index in [4.69, 9.17) is 9.47 Å². The fraction of sp³-hybridized carbons (Fsp3) is 0.231. The number of esters is 1. The largest absolute Gasteiger partial charge is 0.462 e. The molecule has 0 spiro atoms. The van der Waals surface area contributed by atoms with Crippen molar-refractivity contribution in [3.05, 3.63) is 78.4 Å². The standard InChI is InChI=1S/C22H20O4.C4H8/c1-15(2)22(24)25-11-3-4-16-5-9-20-17(12-16)6-7-18-13-19(26-14-23)8-10-21(18)20;1-4(2)3/h5-10,12-14H,1,3-4,11H2,2H3;1H2,2-3H3. The molecule has 0 radical (unpaired) electrons. The van der Waals surface area contributed by atoms with Gasteiger partial charge in [-0.15, -0.1) is 6.58 Å². The molecule has 4 heteroatoms. The highest BCUT2D eigenvalue weighted by molar-refractivity contribution is 6.08. The van der Waals surface area contributed by atoms with Crippen LogP contribution in [0.1, 0.15) is 32.8 Å². The molecule has 30 heavy (non-hydrogen) atoms. The van der Waals surface area contributed by atoms with Crippen molar-refractivity contribution in [2.75, 3.05) is 6.61 Å². The molecule has 0 saturated heterocycles. The van der Waals surface area contributed by atoms with Gasteiger partial charge in [0.05, 0.1) is 6.61 Å². The number of aryl methyl sites for hydroxylation is 1. The summed E-state index contributed by atoms with van der Waals surface area (Å²) in [5, 5.41) is 4.44. The van der Waals surface area contributed by atoms with Crippen LogP contribution in [0.2, 0.25) is 0 Å². The van der Waals surface area contributed by atoms with E-state index in [0.717, 1.165) is 34.4 Å². The molecular weight excluding hydrogens is 376 g/mol. The number of hydrogen-bond acceptors (Lipinski definition) is 4. The average molecular weight is 405 g/mol. The van der Waals surface area contributed by atoms with Gasteiger partial charge < -0.3 is 9.47 Å². The summed E-state index contributed by atoms with van der Waals surface area (Å²) < 4.78 is 10.0. The van der Waals surface area contributed by atoms with Crippen LogP contribution in [0.4, 0.5) is 0 Å². The Morgan fingerprint density at radius 2 is 1.53 bits per heavy atom. The molecule has 3 rings (SSSR count). The first-order valence-corrected chi connectivity index (χ1v) is 9.82. The maximum absolute atomic E-state index is 11.4. The van der Waals surface area contributed by atoms with Gasteiger partial charge in [-0.05, 0) is 72.9 Å². The van der Waals surface area contributed by atoms with Gasteiger partial charge in [0.25, 0.3) is 6.47 Å². The van der Waals surface area contributed by atoms with Crippen LogP contribution in [-0.4, -0.2) is 19.0 Å². The van der Waals surface area contributed by atoms with E-state index in [2.05, 4.69) is 37.4 Å². The molecule has 4 nitrogen and oxygen atoms in total. The third-order valence-corrected chi connectivity index (χ3v) is 4.25. The Balaban J connectivity index is 0.000000735. The van der Waals surface area contributed by atoms with E-state index in [1.807, 2.05) is 32.0 Å². The number of rotatable bonds is 7. The fourth-order valence-electron chi connectivity index (χ4n) is 2.95. The lowest BCUT2D eigenvalue weighted by molar-refractivity contribution is -0.139. The maximum Gasteiger partial charge on any atom is 0.333 e. The van der Waals surface area contributed by atoms with Crippen LogP contribution in [0.5, 0.6) is 5.75 Å². The molecule has 0 aliphatic heterocycles. The summed E-state index contributed by atoms with van der Waals surface area (Å²) in [4.78, 5) is 21.9. The van der Waals surface area contributed by atoms with Gasteiger partial charge in [-0.2, -0.15) is 0 Å². The van der Waals surface area contributed by atoms with Crippen molar-refractivity contribution in [3.63, 3.8) is 0 Å². The molecule has 3 aromatic carbocycles. The molecule has 0 atom stereocenters. The minimum atomic E-state index is -0.340. The monoisotopic (exact) mass is 404 g/mol. The van der Waals surface area contributed by atoms with Crippen molar-refractivity contribution in [3.8, 4) is 5.75 Å². The van der Waals surface area contributed by atoms with E-state index in [0.29, 0.717) is 24.4 Å². The van der Waals surface area contributed by atoms with E-state index in [9.17, 15) is 9.59 Å². The summed E-state index contributed by atoms with van der Waals surface area (Å²) in [5.41, 5.74) is 2.79. The average Bonchev–Trinajstić information content (AvgIpc) is 2.70. The zero-order valence-corrected chi connectivity index (χ0v) is 17.9. The third-order valence-electron chi connectivity index (χ3n) is 4.25. The lowest BCUT2D eigenvalue weighted by Gasteiger charge is -2.08. The van der Waals surface area contributed by atoms with Crippen molar-refractivity contribution >= 4 is 34.0 Å². The highest BCUT2D eigenvalue weighted by atomic mass is 16.5. The Bertz CT molecular complexity index is 1080. The Kier molecular flexibility index (Phi) is 8.36. The van der Waals surface area contributed by atoms with Crippen molar-refractivity contribution < 1.29 is 19.1 Å². The topological polar surface area (TPSA) is 52.6 Å². The zero-order chi connectivity index (χ0) is 22.1. The molecule has 0 N–H and O–H groups in total. The van der Waals surface area contributed by atoms with Crippen molar-refractivity contribution in [2.45, 2.75) is 33.6 Å². The van der Waals surface area contributed by atoms with E-state index in [1.165, 1.54) is 11.1 Å². The number of ether oxygens (including phenoxy) is 2. The van der Waals surface area contributed by atoms with Gasteiger partial charge in [-0.3, -0.25) is 4.79 Å². The zero-order valence-electron chi connectivity index (χ0n) is 17.9. The number of carbonyl (C=O) groups excluding carboxylic acids is 2. The van der Waals surface area contributed by atoms with Crippen LogP contribution in [-0.2, 0) is 20.7 Å². The summed E-state index contributed by atoms with van der Waals surface area (Å²) >= 11 is 0. The normalized spacial score (nSPS) is 10.1. The number of fused-ring (bicyclic) bond motifs is 3. The van der Waals surface area contributed by atoms with Gasteiger partial charge in [-0.1, -0.05) is 48.6 Å². The molecule has 0 fully saturated rings. The molecule has 0 amide bonds. The van der Waals surface area contributed by atoms with Gasteiger partial charge in [0.1, 0.15) is 5.75 Å². The predicted molar refractivity (Wildman–Crippen MR) is 123 cm³/mol. The molecule has 3 aromatic rings. The molecule has 0 aliphatic carbocycles. The second kappa shape index (κ2) is 11.0. The summed E-state index contributed by atoms with van der Waals surface area (Å²) in [7, 11) is 0. The van der Waals surface area contributed by atoms with Gasteiger partial charge in [0.2, 0.25) is 0 Å². The first kappa shape index (κ1) is 22.9.